The van der Waals surface area contributed by atoms with Crippen molar-refractivity contribution in [1.29, 1.82) is 0 Å². The van der Waals surface area contributed by atoms with E-state index in [0.717, 1.165) is 20.8 Å². The summed E-state index contributed by atoms with van der Waals surface area (Å²) in [5, 5.41) is 3.10. The largest absolute Gasteiger partial charge is 0.260 e. The van der Waals surface area contributed by atoms with Crippen LogP contribution in [0.25, 0.3) is 10.8 Å². The number of hydrogen-bond acceptors (Lipinski definition) is 1. The summed E-state index contributed by atoms with van der Waals surface area (Å²) < 4.78 is 0.959. The average Bonchev–Trinajstić information content (AvgIpc) is 3.21. The molecule has 17 heavy (non-hydrogen) atoms. The number of nitrogens with zero attached hydrogens (tertiary/aromatic N) is 1. The van der Waals surface area contributed by atoms with Gasteiger partial charge in [-0.3, -0.25) is 4.98 Å². The van der Waals surface area contributed by atoms with Crippen LogP contribution in [0, 0.1) is 5.41 Å². The molecule has 0 bridgehead atoms. The second kappa shape index (κ2) is 3.24. The zero-order valence-electron chi connectivity index (χ0n) is 9.21. The minimum atomic E-state index is 0.671. The number of fused-ring (bicyclic) bond motifs is 1. The van der Waals surface area contributed by atoms with Crippen LogP contribution >= 0.6 is 27.5 Å². The van der Waals surface area contributed by atoms with Crippen molar-refractivity contribution in [3.05, 3.63) is 39.6 Å². The molecule has 4 rings (SSSR count). The van der Waals surface area contributed by atoms with Gasteiger partial charge in [0.25, 0.3) is 0 Å². The van der Waals surface area contributed by atoms with Crippen LogP contribution in [-0.4, -0.2) is 4.98 Å². The summed E-state index contributed by atoms with van der Waals surface area (Å²) in [6.45, 7) is 0. The molecule has 2 aliphatic rings. The standard InChI is InChI=1S/C14H11BrClN/c15-11-3-8-5-13(10-6-14(10)1-2-14)17-7-9(8)4-12(11)16/h3-5,7,10H,1-2,6H2. The molecule has 2 aromatic rings. The maximum absolute atomic E-state index is 6.08. The number of pyridine rings is 1. The van der Waals surface area contributed by atoms with Crippen LogP contribution in [0.4, 0.5) is 0 Å². The molecule has 86 valence electrons. The Balaban J connectivity index is 1.83. The molecule has 1 unspecified atom stereocenters. The zero-order chi connectivity index (χ0) is 11.6. The van der Waals surface area contributed by atoms with Gasteiger partial charge in [0.2, 0.25) is 0 Å². The van der Waals surface area contributed by atoms with E-state index in [2.05, 4.69) is 33.0 Å². The molecule has 2 aliphatic carbocycles. The molecule has 2 fully saturated rings. The highest BCUT2D eigenvalue weighted by Gasteiger charge is 2.63. The van der Waals surface area contributed by atoms with Gasteiger partial charge >= 0.3 is 0 Å². The van der Waals surface area contributed by atoms with E-state index in [4.69, 9.17) is 11.6 Å². The molecule has 0 N–H and O–H groups in total. The predicted octanol–water partition coefficient (Wildman–Crippen LogP) is 4.92. The van der Waals surface area contributed by atoms with Crippen LogP contribution < -0.4 is 0 Å². The molecule has 1 aromatic carbocycles. The Hall–Kier alpha value is -0.600. The number of benzene rings is 1. The molecule has 1 aromatic heterocycles. The van der Waals surface area contributed by atoms with Crippen LogP contribution in [0.5, 0.6) is 0 Å². The highest BCUT2D eigenvalue weighted by atomic mass is 79.9. The topological polar surface area (TPSA) is 12.9 Å². The molecule has 1 spiro atoms. The summed E-state index contributed by atoms with van der Waals surface area (Å²) in [7, 11) is 0. The number of aromatic nitrogens is 1. The Labute approximate surface area is 113 Å². The first-order chi connectivity index (χ1) is 8.18. The summed E-state index contributed by atoms with van der Waals surface area (Å²) in [4.78, 5) is 4.60. The first-order valence-electron chi connectivity index (χ1n) is 5.93. The molecule has 3 heteroatoms. The van der Waals surface area contributed by atoms with Crippen LogP contribution in [0.15, 0.2) is 28.9 Å². The van der Waals surface area contributed by atoms with Crippen LogP contribution in [-0.2, 0) is 0 Å². The van der Waals surface area contributed by atoms with E-state index in [1.807, 2.05) is 12.3 Å². The van der Waals surface area contributed by atoms with Crippen molar-refractivity contribution in [3.8, 4) is 0 Å². The van der Waals surface area contributed by atoms with E-state index in [0.29, 0.717) is 5.41 Å². The summed E-state index contributed by atoms with van der Waals surface area (Å²) >= 11 is 9.56. The lowest BCUT2D eigenvalue weighted by Gasteiger charge is -2.04. The van der Waals surface area contributed by atoms with Gasteiger partial charge in [-0.1, -0.05) is 11.6 Å². The van der Waals surface area contributed by atoms with Gasteiger partial charge in [-0.2, -0.15) is 0 Å². The Kier molecular flexibility index (Phi) is 1.97. The average molecular weight is 309 g/mol. The van der Waals surface area contributed by atoms with Gasteiger partial charge in [-0.25, -0.2) is 0 Å². The van der Waals surface area contributed by atoms with Gasteiger partial charge in [0.15, 0.2) is 0 Å². The molecule has 0 saturated heterocycles. The van der Waals surface area contributed by atoms with Gasteiger partial charge in [0.05, 0.1) is 5.02 Å². The maximum atomic E-state index is 6.08. The van der Waals surface area contributed by atoms with Crippen LogP contribution in [0.2, 0.25) is 5.02 Å². The van der Waals surface area contributed by atoms with Gasteiger partial charge in [-0.05, 0) is 64.2 Å². The number of hydrogen-bond donors (Lipinski definition) is 0. The lowest BCUT2D eigenvalue weighted by Crippen LogP contribution is -1.89. The molecular weight excluding hydrogens is 298 g/mol. The third kappa shape index (κ3) is 1.54. The van der Waals surface area contributed by atoms with Gasteiger partial charge in [0, 0.05) is 27.7 Å². The first kappa shape index (κ1) is 10.3. The van der Waals surface area contributed by atoms with Gasteiger partial charge < -0.3 is 0 Å². The van der Waals surface area contributed by atoms with Crippen molar-refractivity contribution in [2.24, 2.45) is 5.41 Å². The van der Waals surface area contributed by atoms with Crippen molar-refractivity contribution >= 4 is 38.3 Å². The van der Waals surface area contributed by atoms with E-state index in [-0.39, 0.29) is 0 Å². The van der Waals surface area contributed by atoms with Gasteiger partial charge in [0.1, 0.15) is 0 Å². The Morgan fingerprint density at radius 1 is 1.24 bits per heavy atom. The maximum Gasteiger partial charge on any atom is 0.0555 e. The number of halogens is 2. The van der Waals surface area contributed by atoms with Crippen molar-refractivity contribution in [2.45, 2.75) is 25.2 Å². The van der Waals surface area contributed by atoms with E-state index >= 15 is 0 Å². The lowest BCUT2D eigenvalue weighted by atomic mass is 10.1. The lowest BCUT2D eigenvalue weighted by molar-refractivity contribution is 0.822. The highest BCUT2D eigenvalue weighted by Crippen LogP contribution is 2.74. The monoisotopic (exact) mass is 307 g/mol. The summed E-state index contributed by atoms with van der Waals surface area (Å²) in [5.74, 6) is 0.723. The molecule has 0 radical (unpaired) electrons. The second-order valence-electron chi connectivity index (χ2n) is 5.34. The molecule has 1 atom stereocenters. The fourth-order valence-corrected chi connectivity index (χ4v) is 3.36. The minimum absolute atomic E-state index is 0.671. The molecular formula is C14H11BrClN. The van der Waals surface area contributed by atoms with E-state index in [1.54, 1.807) is 0 Å². The van der Waals surface area contributed by atoms with Crippen molar-refractivity contribution in [2.75, 3.05) is 0 Å². The summed E-state index contributed by atoms with van der Waals surface area (Å²) in [5.41, 5.74) is 1.94. The normalized spacial score (nSPS) is 24.2. The quantitative estimate of drug-likeness (QED) is 0.729. The van der Waals surface area contributed by atoms with Gasteiger partial charge in [-0.15, -0.1) is 0 Å². The highest BCUT2D eigenvalue weighted by molar-refractivity contribution is 9.10. The fraction of sp³-hybridized carbons (Fsp3) is 0.357. The van der Waals surface area contributed by atoms with Crippen molar-refractivity contribution in [3.63, 3.8) is 0 Å². The third-order valence-electron chi connectivity index (χ3n) is 4.22. The predicted molar refractivity (Wildman–Crippen MR) is 73.5 cm³/mol. The summed E-state index contributed by atoms with van der Waals surface area (Å²) in [6.07, 6.45) is 6.11. The Morgan fingerprint density at radius 2 is 2.06 bits per heavy atom. The molecule has 1 nitrogen and oxygen atoms in total. The first-order valence-corrected chi connectivity index (χ1v) is 7.10. The molecule has 0 aliphatic heterocycles. The third-order valence-corrected chi connectivity index (χ3v) is 5.42. The zero-order valence-corrected chi connectivity index (χ0v) is 11.6. The second-order valence-corrected chi connectivity index (χ2v) is 6.60. The summed E-state index contributed by atoms with van der Waals surface area (Å²) in [6, 6.07) is 6.29. The fourth-order valence-electron chi connectivity index (χ4n) is 2.82. The van der Waals surface area contributed by atoms with E-state index < -0.39 is 0 Å². The SMILES string of the molecule is Clc1cc2cnc(C3CC34CC4)cc2cc1Br. The Bertz CT molecular complexity index is 633. The van der Waals surface area contributed by atoms with Crippen LogP contribution in [0.1, 0.15) is 30.9 Å². The van der Waals surface area contributed by atoms with Crippen LogP contribution in [0.3, 0.4) is 0 Å². The molecule has 1 heterocycles. The number of rotatable bonds is 1. The Morgan fingerprint density at radius 3 is 2.76 bits per heavy atom. The van der Waals surface area contributed by atoms with Crippen molar-refractivity contribution in [1.82, 2.24) is 4.98 Å². The van der Waals surface area contributed by atoms with Crippen molar-refractivity contribution < 1.29 is 0 Å². The smallest absolute Gasteiger partial charge is 0.0555 e. The molecule has 2 saturated carbocycles. The molecule has 0 amide bonds. The van der Waals surface area contributed by atoms with E-state index in [1.165, 1.54) is 30.3 Å². The minimum Gasteiger partial charge on any atom is -0.260 e. The van der Waals surface area contributed by atoms with E-state index in [9.17, 15) is 0 Å².